The highest BCUT2D eigenvalue weighted by atomic mass is 32.2. The summed E-state index contributed by atoms with van der Waals surface area (Å²) in [6.45, 7) is 6.36. The van der Waals surface area contributed by atoms with Gasteiger partial charge in [-0.25, -0.2) is 9.18 Å². The minimum atomic E-state index is -1.10. The molecule has 0 aliphatic heterocycles. The van der Waals surface area contributed by atoms with Crippen molar-refractivity contribution in [3.8, 4) is 0 Å². The van der Waals surface area contributed by atoms with Gasteiger partial charge in [0.1, 0.15) is 5.82 Å². The maximum atomic E-state index is 13.6. The Morgan fingerprint density at radius 2 is 2.06 bits per heavy atom. The molecule has 0 radical (unpaired) electrons. The number of carboxylic acids is 1. The monoisotopic (exact) mass is 256 g/mol. The third-order valence-electron chi connectivity index (χ3n) is 2.74. The van der Waals surface area contributed by atoms with Crippen LogP contribution >= 0.6 is 11.8 Å². The molecule has 0 saturated heterocycles. The van der Waals surface area contributed by atoms with Crippen LogP contribution in [0, 0.1) is 11.7 Å². The highest BCUT2D eigenvalue weighted by molar-refractivity contribution is 7.99. The van der Waals surface area contributed by atoms with Crippen LogP contribution in [0.2, 0.25) is 0 Å². The quantitative estimate of drug-likeness (QED) is 0.870. The summed E-state index contributed by atoms with van der Waals surface area (Å²) in [5, 5.41) is 9.17. The Morgan fingerprint density at radius 3 is 2.53 bits per heavy atom. The first kappa shape index (κ1) is 14.0. The SMILES string of the molecule is CC(C)C(C)SCc1ccc(C(=O)O)cc1F. The summed E-state index contributed by atoms with van der Waals surface area (Å²) in [6.07, 6.45) is 0. The van der Waals surface area contributed by atoms with Crippen LogP contribution in [-0.4, -0.2) is 16.3 Å². The van der Waals surface area contributed by atoms with Gasteiger partial charge in [-0.05, 0) is 23.6 Å². The van der Waals surface area contributed by atoms with Gasteiger partial charge in [0.25, 0.3) is 0 Å². The standard InChI is InChI=1S/C13H17FO2S/c1-8(2)9(3)17-7-11-5-4-10(13(15)16)6-12(11)14/h4-6,8-9H,7H2,1-3H3,(H,15,16). The number of carboxylic acid groups (broad SMARTS) is 1. The van der Waals surface area contributed by atoms with E-state index in [0.29, 0.717) is 22.5 Å². The molecule has 1 unspecified atom stereocenters. The molecule has 1 atom stereocenters. The zero-order valence-electron chi connectivity index (χ0n) is 10.2. The first-order valence-electron chi connectivity index (χ1n) is 5.55. The molecule has 4 heteroatoms. The number of halogens is 1. The summed E-state index contributed by atoms with van der Waals surface area (Å²) in [5.74, 6) is -0.418. The Labute approximate surface area is 105 Å². The number of rotatable bonds is 5. The average Bonchev–Trinajstić information content (AvgIpc) is 2.26. The summed E-state index contributed by atoms with van der Waals surface area (Å²) in [5.41, 5.74) is 0.556. The molecule has 1 N–H and O–H groups in total. The van der Waals surface area contributed by atoms with Gasteiger partial charge in [-0.2, -0.15) is 11.8 Å². The highest BCUT2D eigenvalue weighted by Gasteiger charge is 2.11. The van der Waals surface area contributed by atoms with Gasteiger partial charge >= 0.3 is 5.97 Å². The molecular formula is C13H17FO2S. The largest absolute Gasteiger partial charge is 0.478 e. The van der Waals surface area contributed by atoms with E-state index in [0.717, 1.165) is 6.07 Å². The zero-order chi connectivity index (χ0) is 13.0. The first-order chi connectivity index (χ1) is 7.91. The van der Waals surface area contributed by atoms with Gasteiger partial charge in [0.05, 0.1) is 5.56 Å². The summed E-state index contributed by atoms with van der Waals surface area (Å²) in [6, 6.07) is 4.08. The van der Waals surface area contributed by atoms with Crippen molar-refractivity contribution >= 4 is 17.7 Å². The normalized spacial score (nSPS) is 12.8. The van der Waals surface area contributed by atoms with Crippen molar-refractivity contribution in [1.82, 2.24) is 0 Å². The van der Waals surface area contributed by atoms with E-state index in [-0.39, 0.29) is 5.56 Å². The molecule has 2 nitrogen and oxygen atoms in total. The van der Waals surface area contributed by atoms with Gasteiger partial charge in [-0.15, -0.1) is 0 Å². The number of hydrogen-bond donors (Lipinski definition) is 1. The molecule has 94 valence electrons. The van der Waals surface area contributed by atoms with E-state index in [1.165, 1.54) is 6.07 Å². The van der Waals surface area contributed by atoms with Crippen LogP contribution < -0.4 is 0 Å². The number of benzene rings is 1. The molecule has 0 aromatic heterocycles. The van der Waals surface area contributed by atoms with E-state index < -0.39 is 11.8 Å². The van der Waals surface area contributed by atoms with Gasteiger partial charge in [-0.3, -0.25) is 0 Å². The highest BCUT2D eigenvalue weighted by Crippen LogP contribution is 2.24. The van der Waals surface area contributed by atoms with Crippen LogP contribution in [-0.2, 0) is 5.75 Å². The predicted molar refractivity (Wildman–Crippen MR) is 69.0 cm³/mol. The molecule has 1 rings (SSSR count). The second-order valence-electron chi connectivity index (χ2n) is 4.37. The summed E-state index contributed by atoms with van der Waals surface area (Å²) >= 11 is 1.68. The zero-order valence-corrected chi connectivity index (χ0v) is 11.1. The second kappa shape index (κ2) is 6.05. The third-order valence-corrected chi connectivity index (χ3v) is 4.29. The van der Waals surface area contributed by atoms with Gasteiger partial charge in [0.15, 0.2) is 0 Å². The van der Waals surface area contributed by atoms with E-state index >= 15 is 0 Å². The number of hydrogen-bond acceptors (Lipinski definition) is 2. The van der Waals surface area contributed by atoms with Gasteiger partial charge in [0, 0.05) is 11.0 Å². The minimum Gasteiger partial charge on any atom is -0.478 e. The maximum absolute atomic E-state index is 13.6. The third kappa shape index (κ3) is 4.04. The smallest absolute Gasteiger partial charge is 0.335 e. The molecule has 0 fully saturated rings. The molecule has 0 amide bonds. The lowest BCUT2D eigenvalue weighted by atomic mass is 10.1. The van der Waals surface area contributed by atoms with E-state index in [2.05, 4.69) is 20.8 Å². The molecule has 1 aromatic rings. The number of thioether (sulfide) groups is 1. The fourth-order valence-electron chi connectivity index (χ4n) is 1.21. The van der Waals surface area contributed by atoms with Crippen molar-refractivity contribution in [3.05, 3.63) is 35.1 Å². The van der Waals surface area contributed by atoms with Crippen molar-refractivity contribution in [3.63, 3.8) is 0 Å². The van der Waals surface area contributed by atoms with E-state index in [4.69, 9.17) is 5.11 Å². The van der Waals surface area contributed by atoms with Crippen LogP contribution in [0.3, 0.4) is 0 Å². The van der Waals surface area contributed by atoms with Crippen molar-refractivity contribution < 1.29 is 14.3 Å². The number of aromatic carboxylic acids is 1. The van der Waals surface area contributed by atoms with Crippen LogP contribution in [0.25, 0.3) is 0 Å². The molecule has 0 heterocycles. The van der Waals surface area contributed by atoms with E-state index in [1.54, 1.807) is 17.8 Å². The molecule has 17 heavy (non-hydrogen) atoms. The molecule has 1 aromatic carbocycles. The molecule has 0 aliphatic carbocycles. The lowest BCUT2D eigenvalue weighted by molar-refractivity contribution is 0.0696. The molecule has 0 saturated carbocycles. The second-order valence-corrected chi connectivity index (χ2v) is 5.74. The summed E-state index contributed by atoms with van der Waals surface area (Å²) in [4.78, 5) is 10.6. The first-order valence-corrected chi connectivity index (χ1v) is 6.60. The average molecular weight is 256 g/mol. The maximum Gasteiger partial charge on any atom is 0.335 e. The Bertz CT molecular complexity index is 404. The van der Waals surface area contributed by atoms with Crippen LogP contribution in [0.1, 0.15) is 36.7 Å². The van der Waals surface area contributed by atoms with Gasteiger partial charge < -0.3 is 5.11 Å². The van der Waals surface area contributed by atoms with Crippen molar-refractivity contribution in [1.29, 1.82) is 0 Å². The van der Waals surface area contributed by atoms with Gasteiger partial charge in [0.2, 0.25) is 0 Å². The summed E-state index contributed by atoms with van der Waals surface area (Å²) in [7, 11) is 0. The van der Waals surface area contributed by atoms with Gasteiger partial charge in [-0.1, -0.05) is 26.8 Å². The molecular weight excluding hydrogens is 239 g/mol. The Hall–Kier alpha value is -1.03. The van der Waals surface area contributed by atoms with E-state index in [9.17, 15) is 9.18 Å². The van der Waals surface area contributed by atoms with Crippen molar-refractivity contribution in [2.45, 2.75) is 31.8 Å². The lowest BCUT2D eigenvalue weighted by Gasteiger charge is -2.15. The minimum absolute atomic E-state index is 0.00634. The van der Waals surface area contributed by atoms with E-state index in [1.807, 2.05) is 0 Å². The molecule has 0 aliphatic rings. The molecule has 0 spiro atoms. The molecule has 0 bridgehead atoms. The topological polar surface area (TPSA) is 37.3 Å². The Kier molecular flexibility index (Phi) is 5.00. The summed E-state index contributed by atoms with van der Waals surface area (Å²) < 4.78 is 13.6. The van der Waals surface area contributed by atoms with Crippen LogP contribution in [0.15, 0.2) is 18.2 Å². The Morgan fingerprint density at radius 1 is 1.41 bits per heavy atom. The lowest BCUT2D eigenvalue weighted by Crippen LogP contribution is -2.06. The van der Waals surface area contributed by atoms with Crippen molar-refractivity contribution in [2.75, 3.05) is 0 Å². The fourth-order valence-corrected chi connectivity index (χ4v) is 2.27. The fraction of sp³-hybridized carbons (Fsp3) is 0.462. The van der Waals surface area contributed by atoms with Crippen LogP contribution in [0.4, 0.5) is 4.39 Å². The predicted octanol–water partition coefficient (Wildman–Crippen LogP) is 3.80. The van der Waals surface area contributed by atoms with Crippen LogP contribution in [0.5, 0.6) is 0 Å². The Balaban J connectivity index is 2.70. The van der Waals surface area contributed by atoms with Crippen molar-refractivity contribution in [2.24, 2.45) is 5.92 Å². The number of carbonyl (C=O) groups is 1.